The van der Waals surface area contributed by atoms with Crippen molar-refractivity contribution in [3.8, 4) is 0 Å². The zero-order chi connectivity index (χ0) is 22.7. The Labute approximate surface area is 197 Å². The van der Waals surface area contributed by atoms with Crippen molar-refractivity contribution in [1.29, 1.82) is 0 Å². The Bertz CT molecular complexity index is 796. The van der Waals surface area contributed by atoms with Gasteiger partial charge in [-0.25, -0.2) is 0 Å². The normalized spacial score (nSPS) is 30.8. The molecular formula is C27H39N3O3. The highest BCUT2D eigenvalue weighted by atomic mass is 16.5. The molecule has 33 heavy (non-hydrogen) atoms. The summed E-state index contributed by atoms with van der Waals surface area (Å²) < 4.78 is 5.40. The molecule has 6 nitrogen and oxygen atoms in total. The van der Waals surface area contributed by atoms with Gasteiger partial charge in [-0.3, -0.25) is 14.5 Å². The Hall–Kier alpha value is -1.92. The van der Waals surface area contributed by atoms with Gasteiger partial charge in [-0.1, -0.05) is 24.3 Å². The summed E-state index contributed by atoms with van der Waals surface area (Å²) in [6.07, 6.45) is 8.48. The number of nitrogens with zero attached hydrogens (tertiary/aromatic N) is 1. The van der Waals surface area contributed by atoms with Crippen LogP contribution in [0.15, 0.2) is 24.3 Å². The predicted octanol–water partition coefficient (Wildman–Crippen LogP) is 3.25. The molecule has 0 spiro atoms. The fraction of sp³-hybridized carbons (Fsp3) is 0.704. The van der Waals surface area contributed by atoms with E-state index in [0.717, 1.165) is 75.4 Å². The van der Waals surface area contributed by atoms with E-state index in [1.807, 2.05) is 0 Å². The van der Waals surface area contributed by atoms with Gasteiger partial charge in [0.1, 0.15) is 0 Å². The lowest BCUT2D eigenvalue weighted by Crippen LogP contribution is -2.53. The molecule has 0 radical (unpaired) electrons. The van der Waals surface area contributed by atoms with Crippen molar-refractivity contribution in [3.05, 3.63) is 35.4 Å². The molecule has 0 aromatic heterocycles. The first-order valence-electron chi connectivity index (χ1n) is 13.0. The van der Waals surface area contributed by atoms with Gasteiger partial charge in [0, 0.05) is 44.6 Å². The van der Waals surface area contributed by atoms with Gasteiger partial charge in [0.05, 0.1) is 13.2 Å². The smallest absolute Gasteiger partial charge is 0.226 e. The van der Waals surface area contributed by atoms with Crippen LogP contribution in [0.1, 0.15) is 62.5 Å². The second kappa shape index (κ2) is 10.1. The molecule has 0 atom stereocenters. The van der Waals surface area contributed by atoms with Crippen LogP contribution >= 0.6 is 0 Å². The van der Waals surface area contributed by atoms with Crippen LogP contribution in [0.2, 0.25) is 0 Å². The fourth-order valence-electron chi connectivity index (χ4n) is 7.10. The van der Waals surface area contributed by atoms with Crippen molar-refractivity contribution < 1.29 is 14.3 Å². The van der Waals surface area contributed by atoms with E-state index in [1.165, 1.54) is 24.8 Å². The summed E-state index contributed by atoms with van der Waals surface area (Å²) in [5.41, 5.74) is 2.32. The lowest BCUT2D eigenvalue weighted by atomic mass is 9.49. The van der Waals surface area contributed by atoms with E-state index in [9.17, 15) is 9.59 Å². The van der Waals surface area contributed by atoms with Gasteiger partial charge >= 0.3 is 0 Å². The van der Waals surface area contributed by atoms with Gasteiger partial charge in [-0.15, -0.1) is 0 Å². The predicted molar refractivity (Wildman–Crippen MR) is 127 cm³/mol. The van der Waals surface area contributed by atoms with Crippen molar-refractivity contribution in [2.75, 3.05) is 32.8 Å². The van der Waals surface area contributed by atoms with Crippen LogP contribution in [0.25, 0.3) is 0 Å². The quantitative estimate of drug-likeness (QED) is 0.563. The zero-order valence-corrected chi connectivity index (χ0v) is 19.8. The van der Waals surface area contributed by atoms with E-state index < -0.39 is 0 Å². The average Bonchev–Trinajstić information content (AvgIpc) is 2.81. The summed E-state index contributed by atoms with van der Waals surface area (Å²) in [6.45, 7) is 5.71. The molecule has 2 N–H and O–H groups in total. The number of carbonyl (C=O) groups is 2. The summed E-state index contributed by atoms with van der Waals surface area (Å²) >= 11 is 0. The maximum Gasteiger partial charge on any atom is 0.226 e. The van der Waals surface area contributed by atoms with E-state index in [0.29, 0.717) is 25.9 Å². The summed E-state index contributed by atoms with van der Waals surface area (Å²) in [5.74, 6) is 2.65. The Morgan fingerprint density at radius 3 is 2.15 bits per heavy atom. The van der Waals surface area contributed by atoms with E-state index >= 15 is 0 Å². The first kappa shape index (κ1) is 22.9. The van der Waals surface area contributed by atoms with E-state index in [4.69, 9.17) is 4.74 Å². The minimum absolute atomic E-state index is 0.0523. The Balaban J connectivity index is 0.982. The van der Waals surface area contributed by atoms with Gasteiger partial charge in [-0.05, 0) is 73.8 Å². The molecular weight excluding hydrogens is 414 g/mol. The fourth-order valence-corrected chi connectivity index (χ4v) is 7.10. The van der Waals surface area contributed by atoms with Crippen LogP contribution in [-0.4, -0.2) is 49.6 Å². The minimum Gasteiger partial charge on any atom is -0.379 e. The topological polar surface area (TPSA) is 70.7 Å². The molecule has 180 valence electrons. The van der Waals surface area contributed by atoms with E-state index in [1.54, 1.807) is 0 Å². The molecule has 6 rings (SSSR count). The second-order valence-corrected chi connectivity index (χ2v) is 11.0. The number of morpholine rings is 1. The minimum atomic E-state index is -0.0923. The third-order valence-corrected chi connectivity index (χ3v) is 8.41. The number of nitrogens with one attached hydrogen (secondary N) is 2. The monoisotopic (exact) mass is 453 g/mol. The standard InChI is InChI=1S/C27H39N3O3/c31-25(29-18-20-3-5-21(6-4-20)19-30-8-10-33-11-9-30)2-1-7-28-26(32)27-15-22-12-23(16-27)14-24(13-22)17-27/h3-6,22-24H,1-2,7-19H2,(H,28,32)(H,29,31). The van der Waals surface area contributed by atoms with Gasteiger partial charge in [0.25, 0.3) is 0 Å². The first-order chi connectivity index (χ1) is 16.1. The number of benzene rings is 1. The lowest BCUT2D eigenvalue weighted by molar-refractivity contribution is -0.146. The molecule has 0 unspecified atom stereocenters. The Morgan fingerprint density at radius 2 is 1.52 bits per heavy atom. The van der Waals surface area contributed by atoms with Crippen LogP contribution < -0.4 is 10.6 Å². The Morgan fingerprint density at radius 1 is 0.909 bits per heavy atom. The highest BCUT2D eigenvalue weighted by Crippen LogP contribution is 2.60. The van der Waals surface area contributed by atoms with Crippen LogP contribution in [0.5, 0.6) is 0 Å². The highest BCUT2D eigenvalue weighted by molar-refractivity contribution is 5.83. The zero-order valence-electron chi connectivity index (χ0n) is 19.8. The second-order valence-electron chi connectivity index (χ2n) is 11.0. The third kappa shape index (κ3) is 5.60. The number of carbonyl (C=O) groups excluding carboxylic acids is 2. The summed E-state index contributed by atoms with van der Waals surface area (Å²) in [6, 6.07) is 8.50. The van der Waals surface area contributed by atoms with Crippen molar-refractivity contribution in [2.45, 2.75) is 64.5 Å². The van der Waals surface area contributed by atoms with Crippen LogP contribution in [0, 0.1) is 23.2 Å². The molecule has 1 heterocycles. The number of hydrogen-bond donors (Lipinski definition) is 2. The van der Waals surface area contributed by atoms with Gasteiger partial charge in [-0.2, -0.15) is 0 Å². The first-order valence-corrected chi connectivity index (χ1v) is 13.0. The number of rotatable bonds is 9. The van der Waals surface area contributed by atoms with Crippen molar-refractivity contribution >= 4 is 11.8 Å². The molecule has 4 aliphatic carbocycles. The van der Waals surface area contributed by atoms with Crippen molar-refractivity contribution in [2.24, 2.45) is 23.2 Å². The summed E-state index contributed by atoms with van der Waals surface area (Å²) in [4.78, 5) is 27.7. The largest absolute Gasteiger partial charge is 0.379 e. The molecule has 4 saturated carbocycles. The number of ether oxygens (including phenoxy) is 1. The molecule has 5 aliphatic rings. The number of hydrogen-bond acceptors (Lipinski definition) is 4. The third-order valence-electron chi connectivity index (χ3n) is 8.41. The Kier molecular flexibility index (Phi) is 7.02. The SMILES string of the molecule is O=C(CCCNC(=O)C12CC3CC(CC(C3)C1)C2)NCc1ccc(CN2CCOCC2)cc1. The molecule has 2 amide bonds. The summed E-state index contributed by atoms with van der Waals surface area (Å²) in [7, 11) is 0. The molecule has 4 bridgehead atoms. The lowest BCUT2D eigenvalue weighted by Gasteiger charge is -2.55. The molecule has 1 aromatic rings. The molecule has 1 aromatic carbocycles. The number of amides is 2. The van der Waals surface area contributed by atoms with Gasteiger partial charge in [0.2, 0.25) is 11.8 Å². The molecule has 6 heteroatoms. The van der Waals surface area contributed by atoms with Gasteiger partial charge < -0.3 is 15.4 Å². The summed E-state index contributed by atoms with van der Waals surface area (Å²) in [5, 5.41) is 6.20. The molecule has 5 fully saturated rings. The highest BCUT2D eigenvalue weighted by Gasteiger charge is 2.54. The van der Waals surface area contributed by atoms with Crippen molar-refractivity contribution in [1.82, 2.24) is 15.5 Å². The van der Waals surface area contributed by atoms with Gasteiger partial charge in [0.15, 0.2) is 0 Å². The van der Waals surface area contributed by atoms with Crippen LogP contribution in [0.3, 0.4) is 0 Å². The van der Waals surface area contributed by atoms with Crippen LogP contribution in [0.4, 0.5) is 0 Å². The molecule has 1 saturated heterocycles. The van der Waals surface area contributed by atoms with Crippen LogP contribution in [-0.2, 0) is 27.4 Å². The van der Waals surface area contributed by atoms with E-state index in [-0.39, 0.29) is 17.2 Å². The maximum atomic E-state index is 13.0. The maximum absolute atomic E-state index is 13.0. The average molecular weight is 454 g/mol. The van der Waals surface area contributed by atoms with E-state index in [2.05, 4.69) is 39.8 Å². The van der Waals surface area contributed by atoms with Crippen molar-refractivity contribution in [3.63, 3.8) is 0 Å². The molecule has 1 aliphatic heterocycles.